The van der Waals surface area contributed by atoms with E-state index in [1.165, 1.54) is 0 Å². The third-order valence-electron chi connectivity index (χ3n) is 4.25. The number of hydrogen-bond donors (Lipinski definition) is 2. The van der Waals surface area contributed by atoms with Gasteiger partial charge < -0.3 is 19.7 Å². The molecule has 0 bridgehead atoms. The molecule has 0 saturated carbocycles. The molecule has 6 nitrogen and oxygen atoms in total. The summed E-state index contributed by atoms with van der Waals surface area (Å²) in [7, 11) is 0. The standard InChI is InChI=1S/C15H25N3O3/c1-2-13-16-6-8-18(13)7-3-14(20)17-11-15(12-19)4-9-21-10-5-15/h6,8,19H,2-5,7,9-12H2,1H3,(H,17,20). The summed E-state index contributed by atoms with van der Waals surface area (Å²) in [6.07, 6.45) is 6.56. The molecule has 21 heavy (non-hydrogen) atoms. The number of ether oxygens (including phenoxy) is 1. The van der Waals surface area contributed by atoms with Crippen LogP contribution in [0.25, 0.3) is 0 Å². The van der Waals surface area contributed by atoms with Crippen molar-refractivity contribution in [1.29, 1.82) is 0 Å². The Balaban J connectivity index is 1.76. The van der Waals surface area contributed by atoms with E-state index in [1.807, 2.05) is 10.8 Å². The van der Waals surface area contributed by atoms with Crippen molar-refractivity contribution in [3.8, 4) is 0 Å². The molecule has 6 heteroatoms. The second-order valence-corrected chi connectivity index (χ2v) is 5.69. The van der Waals surface area contributed by atoms with Gasteiger partial charge in [-0.3, -0.25) is 4.79 Å². The molecular weight excluding hydrogens is 270 g/mol. The molecule has 1 fully saturated rings. The first-order chi connectivity index (χ1) is 10.2. The van der Waals surface area contributed by atoms with Crippen LogP contribution in [0.1, 0.15) is 32.0 Å². The number of hydrogen-bond acceptors (Lipinski definition) is 4. The van der Waals surface area contributed by atoms with Gasteiger partial charge in [-0.15, -0.1) is 0 Å². The van der Waals surface area contributed by atoms with Crippen molar-refractivity contribution in [3.05, 3.63) is 18.2 Å². The Labute approximate surface area is 125 Å². The van der Waals surface area contributed by atoms with Crippen molar-refractivity contribution >= 4 is 5.91 Å². The van der Waals surface area contributed by atoms with Crippen LogP contribution in [0.5, 0.6) is 0 Å². The summed E-state index contributed by atoms with van der Waals surface area (Å²) in [5.74, 6) is 1.02. The number of carbonyl (C=O) groups is 1. The lowest BCUT2D eigenvalue weighted by Gasteiger charge is -2.35. The van der Waals surface area contributed by atoms with Gasteiger partial charge in [-0.1, -0.05) is 6.92 Å². The fourth-order valence-corrected chi connectivity index (χ4v) is 2.65. The summed E-state index contributed by atoms with van der Waals surface area (Å²) in [6.45, 7) is 4.63. The predicted octanol–water partition coefficient (Wildman–Crippen LogP) is 0.741. The summed E-state index contributed by atoms with van der Waals surface area (Å²) < 4.78 is 7.33. The molecule has 2 rings (SSSR count). The first-order valence-corrected chi connectivity index (χ1v) is 7.64. The Bertz CT molecular complexity index is 453. The van der Waals surface area contributed by atoms with Gasteiger partial charge in [0.1, 0.15) is 5.82 Å². The molecule has 1 amide bonds. The Morgan fingerprint density at radius 1 is 1.52 bits per heavy atom. The highest BCUT2D eigenvalue weighted by Gasteiger charge is 2.32. The zero-order valence-electron chi connectivity index (χ0n) is 12.7. The quantitative estimate of drug-likeness (QED) is 0.778. The molecule has 0 atom stereocenters. The topological polar surface area (TPSA) is 76.4 Å². The maximum absolute atomic E-state index is 12.0. The maximum atomic E-state index is 12.0. The van der Waals surface area contributed by atoms with Crippen molar-refractivity contribution in [2.24, 2.45) is 5.41 Å². The first-order valence-electron chi connectivity index (χ1n) is 7.64. The highest BCUT2D eigenvalue weighted by molar-refractivity contribution is 5.75. The normalized spacial score (nSPS) is 17.6. The molecule has 0 spiro atoms. The number of rotatable bonds is 7. The number of aromatic nitrogens is 2. The molecule has 0 aliphatic carbocycles. The molecule has 2 heterocycles. The van der Waals surface area contributed by atoms with E-state index in [0.717, 1.165) is 25.1 Å². The molecule has 0 unspecified atom stereocenters. The number of aliphatic hydroxyl groups excluding tert-OH is 1. The maximum Gasteiger partial charge on any atom is 0.221 e. The van der Waals surface area contributed by atoms with Crippen LogP contribution in [0, 0.1) is 5.41 Å². The fraction of sp³-hybridized carbons (Fsp3) is 0.733. The van der Waals surface area contributed by atoms with E-state index in [-0.39, 0.29) is 17.9 Å². The van der Waals surface area contributed by atoms with Crippen LogP contribution in [0.3, 0.4) is 0 Å². The van der Waals surface area contributed by atoms with E-state index in [4.69, 9.17) is 4.74 Å². The van der Waals surface area contributed by atoms with Crippen molar-refractivity contribution in [1.82, 2.24) is 14.9 Å². The zero-order chi connectivity index (χ0) is 15.1. The average Bonchev–Trinajstić information content (AvgIpc) is 2.99. The van der Waals surface area contributed by atoms with Crippen LogP contribution >= 0.6 is 0 Å². The van der Waals surface area contributed by atoms with Gasteiger partial charge in [0.05, 0.1) is 6.61 Å². The van der Waals surface area contributed by atoms with E-state index < -0.39 is 0 Å². The molecule has 1 aromatic heterocycles. The van der Waals surface area contributed by atoms with Crippen molar-refractivity contribution in [3.63, 3.8) is 0 Å². The molecule has 118 valence electrons. The van der Waals surface area contributed by atoms with Crippen molar-refractivity contribution in [2.45, 2.75) is 39.2 Å². The van der Waals surface area contributed by atoms with Crippen LogP contribution in [-0.2, 0) is 22.5 Å². The lowest BCUT2D eigenvalue weighted by atomic mass is 9.81. The van der Waals surface area contributed by atoms with Gasteiger partial charge in [0.2, 0.25) is 5.91 Å². The van der Waals surface area contributed by atoms with Crippen LogP contribution in [0.4, 0.5) is 0 Å². The summed E-state index contributed by atoms with van der Waals surface area (Å²) in [4.78, 5) is 16.2. The summed E-state index contributed by atoms with van der Waals surface area (Å²) in [5.41, 5.74) is -0.211. The van der Waals surface area contributed by atoms with Crippen LogP contribution in [0.2, 0.25) is 0 Å². The highest BCUT2D eigenvalue weighted by Crippen LogP contribution is 2.28. The number of amides is 1. The third kappa shape index (κ3) is 4.28. The van der Waals surface area contributed by atoms with Gasteiger partial charge in [0.15, 0.2) is 0 Å². The van der Waals surface area contributed by atoms with E-state index >= 15 is 0 Å². The van der Waals surface area contributed by atoms with E-state index in [9.17, 15) is 9.90 Å². The largest absolute Gasteiger partial charge is 0.396 e. The van der Waals surface area contributed by atoms with Crippen LogP contribution < -0.4 is 5.32 Å². The highest BCUT2D eigenvalue weighted by atomic mass is 16.5. The molecule has 2 N–H and O–H groups in total. The minimum atomic E-state index is -0.211. The minimum Gasteiger partial charge on any atom is -0.396 e. The van der Waals surface area contributed by atoms with Gasteiger partial charge in [0.25, 0.3) is 0 Å². The summed E-state index contributed by atoms with van der Waals surface area (Å²) >= 11 is 0. The molecule has 0 aromatic carbocycles. The predicted molar refractivity (Wildman–Crippen MR) is 78.8 cm³/mol. The lowest BCUT2D eigenvalue weighted by Crippen LogP contribution is -2.43. The molecule has 1 saturated heterocycles. The number of imidazole rings is 1. The Morgan fingerprint density at radius 3 is 2.95 bits per heavy atom. The van der Waals surface area contributed by atoms with E-state index in [1.54, 1.807) is 6.20 Å². The fourth-order valence-electron chi connectivity index (χ4n) is 2.65. The molecule has 0 radical (unpaired) electrons. The Morgan fingerprint density at radius 2 is 2.29 bits per heavy atom. The Kier molecular flexibility index (Phi) is 5.76. The minimum absolute atomic E-state index is 0.0186. The van der Waals surface area contributed by atoms with Crippen molar-refractivity contribution in [2.75, 3.05) is 26.4 Å². The van der Waals surface area contributed by atoms with Gasteiger partial charge in [-0.05, 0) is 12.8 Å². The van der Waals surface area contributed by atoms with E-state index in [0.29, 0.717) is 32.7 Å². The van der Waals surface area contributed by atoms with Gasteiger partial charge in [0, 0.05) is 57.0 Å². The first kappa shape index (κ1) is 16.0. The van der Waals surface area contributed by atoms with Crippen LogP contribution in [-0.4, -0.2) is 46.9 Å². The second-order valence-electron chi connectivity index (χ2n) is 5.69. The summed E-state index contributed by atoms with van der Waals surface area (Å²) in [5, 5.41) is 12.5. The molecule has 1 aromatic rings. The molecule has 1 aliphatic rings. The third-order valence-corrected chi connectivity index (χ3v) is 4.25. The zero-order valence-corrected chi connectivity index (χ0v) is 12.7. The molecular formula is C15H25N3O3. The van der Waals surface area contributed by atoms with Gasteiger partial charge in [-0.2, -0.15) is 0 Å². The number of carbonyl (C=O) groups excluding carboxylic acids is 1. The Hall–Kier alpha value is -1.40. The average molecular weight is 295 g/mol. The number of aryl methyl sites for hydroxylation is 2. The monoisotopic (exact) mass is 295 g/mol. The van der Waals surface area contributed by atoms with E-state index in [2.05, 4.69) is 17.2 Å². The summed E-state index contributed by atoms with van der Waals surface area (Å²) in [6, 6.07) is 0. The van der Waals surface area contributed by atoms with Gasteiger partial charge >= 0.3 is 0 Å². The SMILES string of the molecule is CCc1nccn1CCC(=O)NCC1(CO)CCOCC1. The number of nitrogens with one attached hydrogen (secondary N) is 1. The second kappa shape index (κ2) is 7.56. The number of nitrogens with zero attached hydrogens (tertiary/aromatic N) is 2. The van der Waals surface area contributed by atoms with Crippen LogP contribution in [0.15, 0.2) is 12.4 Å². The number of aliphatic hydroxyl groups is 1. The molecule has 1 aliphatic heterocycles. The smallest absolute Gasteiger partial charge is 0.221 e. The lowest BCUT2D eigenvalue weighted by molar-refractivity contribution is -0.122. The van der Waals surface area contributed by atoms with Gasteiger partial charge in [-0.25, -0.2) is 4.98 Å². The van der Waals surface area contributed by atoms with Crippen molar-refractivity contribution < 1.29 is 14.6 Å².